The van der Waals surface area contributed by atoms with Crippen LogP contribution in [0.15, 0.2) is 42.5 Å². The molecule has 0 atom stereocenters. The molecule has 1 N–H and O–H groups in total. The lowest BCUT2D eigenvalue weighted by Crippen LogP contribution is -1.85. The van der Waals surface area contributed by atoms with Crippen molar-refractivity contribution in [3.63, 3.8) is 0 Å². The normalized spacial score (nSPS) is 10.9. The number of aromatic nitrogens is 1. The van der Waals surface area contributed by atoms with E-state index in [4.69, 9.17) is 11.6 Å². The predicted octanol–water partition coefficient (Wildman–Crippen LogP) is 4.25. The van der Waals surface area contributed by atoms with E-state index in [1.54, 1.807) is 23.5 Å². The van der Waals surface area contributed by atoms with Crippen LogP contribution in [0.5, 0.6) is 5.75 Å². The average molecular weight is 276 g/mol. The summed E-state index contributed by atoms with van der Waals surface area (Å²) in [4.78, 5) is 4.52. The van der Waals surface area contributed by atoms with Gasteiger partial charge in [-0.15, -0.1) is 11.3 Å². The van der Waals surface area contributed by atoms with Crippen molar-refractivity contribution in [1.29, 1.82) is 0 Å². The molecule has 0 spiro atoms. The zero-order chi connectivity index (χ0) is 12.5. The number of aromatic hydroxyl groups is 1. The van der Waals surface area contributed by atoms with Gasteiger partial charge in [-0.2, -0.15) is 0 Å². The van der Waals surface area contributed by atoms with Gasteiger partial charge in [-0.3, -0.25) is 0 Å². The molecule has 1 aromatic heterocycles. The highest BCUT2D eigenvalue weighted by Crippen LogP contribution is 2.27. The number of hydrogen-bond acceptors (Lipinski definition) is 3. The molecule has 0 saturated carbocycles. The molecule has 90 valence electrons. The smallest absolute Gasteiger partial charge is 0.117 e. The fraction of sp³-hybridized carbons (Fsp3) is 0.0714. The summed E-state index contributed by atoms with van der Waals surface area (Å²) in [6.07, 6.45) is 0.789. The van der Waals surface area contributed by atoms with Gasteiger partial charge in [0.1, 0.15) is 5.75 Å². The molecule has 0 bridgehead atoms. The molecule has 3 aromatic rings. The molecular formula is C14H10ClNOS. The number of phenolic OH excluding ortho intramolecular Hbond substituents is 1. The van der Waals surface area contributed by atoms with E-state index in [1.165, 1.54) is 5.56 Å². The maximum absolute atomic E-state index is 9.41. The standard InChI is InChI=1S/C14H10ClNOS/c15-10-3-1-9(2-4-10)7-14-16-12-8-11(17)5-6-13(12)18-14/h1-6,8,17H,7H2. The number of benzene rings is 2. The molecule has 2 aromatic carbocycles. The van der Waals surface area contributed by atoms with Gasteiger partial charge in [-0.1, -0.05) is 23.7 Å². The largest absolute Gasteiger partial charge is 0.508 e. The van der Waals surface area contributed by atoms with Gasteiger partial charge in [0.15, 0.2) is 0 Å². The third-order valence-corrected chi connectivity index (χ3v) is 3.97. The second kappa shape index (κ2) is 4.59. The summed E-state index contributed by atoms with van der Waals surface area (Å²) >= 11 is 7.51. The van der Waals surface area contributed by atoms with Crippen molar-refractivity contribution in [3.05, 3.63) is 58.1 Å². The fourth-order valence-electron chi connectivity index (χ4n) is 1.82. The van der Waals surface area contributed by atoms with Crippen LogP contribution in [-0.2, 0) is 6.42 Å². The van der Waals surface area contributed by atoms with Gasteiger partial charge in [0.05, 0.1) is 15.2 Å². The zero-order valence-electron chi connectivity index (χ0n) is 9.43. The van der Waals surface area contributed by atoms with Crippen molar-refractivity contribution in [2.24, 2.45) is 0 Å². The maximum Gasteiger partial charge on any atom is 0.117 e. The van der Waals surface area contributed by atoms with Crippen LogP contribution in [0.3, 0.4) is 0 Å². The van der Waals surface area contributed by atoms with E-state index >= 15 is 0 Å². The van der Waals surface area contributed by atoms with Gasteiger partial charge in [-0.05, 0) is 29.8 Å². The SMILES string of the molecule is Oc1ccc2sc(Cc3ccc(Cl)cc3)nc2c1. The Morgan fingerprint density at radius 2 is 1.89 bits per heavy atom. The second-order valence-electron chi connectivity index (χ2n) is 4.06. The minimum atomic E-state index is 0.255. The van der Waals surface area contributed by atoms with E-state index < -0.39 is 0 Å². The monoisotopic (exact) mass is 275 g/mol. The summed E-state index contributed by atoms with van der Waals surface area (Å²) in [5.41, 5.74) is 2.03. The first kappa shape index (κ1) is 11.5. The van der Waals surface area contributed by atoms with Crippen molar-refractivity contribution < 1.29 is 5.11 Å². The number of thiazole rings is 1. The van der Waals surface area contributed by atoms with Crippen molar-refractivity contribution in [1.82, 2.24) is 4.98 Å². The third-order valence-electron chi connectivity index (χ3n) is 2.68. The molecule has 1 heterocycles. The Bertz CT molecular complexity index is 691. The Morgan fingerprint density at radius 1 is 1.11 bits per heavy atom. The summed E-state index contributed by atoms with van der Waals surface area (Å²) in [5.74, 6) is 0.255. The molecule has 0 radical (unpaired) electrons. The molecule has 2 nitrogen and oxygen atoms in total. The first-order valence-corrected chi connectivity index (χ1v) is 6.73. The van der Waals surface area contributed by atoms with Crippen molar-refractivity contribution in [2.45, 2.75) is 6.42 Å². The van der Waals surface area contributed by atoms with Crippen LogP contribution in [0.2, 0.25) is 5.02 Å². The minimum Gasteiger partial charge on any atom is -0.508 e. The van der Waals surface area contributed by atoms with Crippen molar-refractivity contribution in [2.75, 3.05) is 0 Å². The molecule has 0 aliphatic rings. The summed E-state index contributed by atoms with van der Waals surface area (Å²) in [7, 11) is 0. The Morgan fingerprint density at radius 3 is 2.67 bits per heavy atom. The Labute approximate surface area is 113 Å². The van der Waals surface area contributed by atoms with Gasteiger partial charge >= 0.3 is 0 Å². The van der Waals surface area contributed by atoms with Crippen molar-refractivity contribution >= 4 is 33.2 Å². The molecule has 0 saturated heterocycles. The van der Waals surface area contributed by atoms with Crippen LogP contribution >= 0.6 is 22.9 Å². The van der Waals surface area contributed by atoms with E-state index in [2.05, 4.69) is 4.98 Å². The van der Waals surface area contributed by atoms with Gasteiger partial charge in [0, 0.05) is 17.5 Å². The molecule has 0 unspecified atom stereocenters. The van der Waals surface area contributed by atoms with E-state index in [0.29, 0.717) is 0 Å². The Balaban J connectivity index is 1.92. The summed E-state index contributed by atoms with van der Waals surface area (Å²) in [6, 6.07) is 13.1. The van der Waals surface area contributed by atoms with Crippen LogP contribution in [0, 0.1) is 0 Å². The Hall–Kier alpha value is -1.58. The van der Waals surface area contributed by atoms with E-state index in [9.17, 15) is 5.11 Å². The molecular weight excluding hydrogens is 266 g/mol. The van der Waals surface area contributed by atoms with Gasteiger partial charge in [0.2, 0.25) is 0 Å². The number of rotatable bonds is 2. The first-order chi connectivity index (χ1) is 8.70. The highest BCUT2D eigenvalue weighted by molar-refractivity contribution is 7.18. The van der Waals surface area contributed by atoms with Gasteiger partial charge in [0.25, 0.3) is 0 Å². The zero-order valence-corrected chi connectivity index (χ0v) is 11.0. The third kappa shape index (κ3) is 2.33. The minimum absolute atomic E-state index is 0.255. The van der Waals surface area contributed by atoms with Crippen LogP contribution in [0.25, 0.3) is 10.2 Å². The summed E-state index contributed by atoms with van der Waals surface area (Å²) in [6.45, 7) is 0. The first-order valence-electron chi connectivity index (χ1n) is 5.53. The quantitative estimate of drug-likeness (QED) is 0.759. The number of halogens is 1. The number of fused-ring (bicyclic) bond motifs is 1. The molecule has 0 amide bonds. The number of hydrogen-bond donors (Lipinski definition) is 1. The molecule has 0 aliphatic heterocycles. The van der Waals surface area contributed by atoms with Crippen molar-refractivity contribution in [3.8, 4) is 5.75 Å². The van der Waals surface area contributed by atoms with E-state index in [0.717, 1.165) is 26.7 Å². The van der Waals surface area contributed by atoms with Crippen LogP contribution in [0.4, 0.5) is 0 Å². The van der Waals surface area contributed by atoms with Crippen LogP contribution in [0.1, 0.15) is 10.6 Å². The molecule has 4 heteroatoms. The highest BCUT2D eigenvalue weighted by atomic mass is 35.5. The highest BCUT2D eigenvalue weighted by Gasteiger charge is 2.05. The van der Waals surface area contributed by atoms with Gasteiger partial charge < -0.3 is 5.11 Å². The molecule has 18 heavy (non-hydrogen) atoms. The fourth-order valence-corrected chi connectivity index (χ4v) is 2.92. The van der Waals surface area contributed by atoms with E-state index in [-0.39, 0.29) is 5.75 Å². The lowest BCUT2D eigenvalue weighted by molar-refractivity contribution is 0.476. The number of nitrogens with zero attached hydrogens (tertiary/aromatic N) is 1. The average Bonchev–Trinajstić information content (AvgIpc) is 2.73. The molecule has 0 aliphatic carbocycles. The summed E-state index contributed by atoms with van der Waals surface area (Å²) in [5, 5.41) is 11.2. The molecule has 0 fully saturated rings. The summed E-state index contributed by atoms with van der Waals surface area (Å²) < 4.78 is 1.09. The maximum atomic E-state index is 9.41. The van der Waals surface area contributed by atoms with Crippen LogP contribution in [-0.4, -0.2) is 10.1 Å². The topological polar surface area (TPSA) is 33.1 Å². The van der Waals surface area contributed by atoms with E-state index in [1.807, 2.05) is 30.3 Å². The lowest BCUT2D eigenvalue weighted by atomic mass is 10.2. The lowest BCUT2D eigenvalue weighted by Gasteiger charge is -1.97. The molecule has 3 rings (SSSR count). The van der Waals surface area contributed by atoms with Gasteiger partial charge in [-0.25, -0.2) is 4.98 Å². The predicted molar refractivity (Wildman–Crippen MR) is 75.5 cm³/mol. The number of phenols is 1. The Kier molecular flexibility index (Phi) is 2.94. The second-order valence-corrected chi connectivity index (χ2v) is 5.61. The van der Waals surface area contributed by atoms with Crippen LogP contribution < -0.4 is 0 Å².